The molecule has 1 heterocycles. The third-order valence-electron chi connectivity index (χ3n) is 3.39. The summed E-state index contributed by atoms with van der Waals surface area (Å²) in [6.07, 6.45) is 2.69. The minimum absolute atomic E-state index is 0.624. The molecule has 0 bridgehead atoms. The topological polar surface area (TPSA) is 48.5 Å². The number of fused-ring (bicyclic) bond motifs is 1. The van der Waals surface area contributed by atoms with Gasteiger partial charge in [0.15, 0.2) is 0 Å². The van der Waals surface area contributed by atoms with Crippen molar-refractivity contribution in [2.45, 2.75) is 25.8 Å². The normalized spacial score (nSPS) is 12.9. The standard InChI is InChI=1S/C17H22N4/c1-12-5-7-16-8-6-15(10-17(16)20-12)11-19-13(2)9-14(3)21-18-4/h6,8,10,19-21H,1-5,7,9,11H2. The van der Waals surface area contributed by atoms with Crippen LogP contribution in [-0.2, 0) is 13.0 Å². The van der Waals surface area contributed by atoms with E-state index in [1.54, 1.807) is 0 Å². The van der Waals surface area contributed by atoms with Gasteiger partial charge >= 0.3 is 0 Å². The van der Waals surface area contributed by atoms with E-state index in [9.17, 15) is 0 Å². The van der Waals surface area contributed by atoms with Gasteiger partial charge in [-0.3, -0.25) is 5.43 Å². The smallest absolute Gasteiger partial charge is 0.0417 e. The highest BCUT2D eigenvalue weighted by atomic mass is 15.3. The molecule has 0 aromatic heterocycles. The van der Waals surface area contributed by atoms with Gasteiger partial charge in [-0.15, -0.1) is 0 Å². The summed E-state index contributed by atoms with van der Waals surface area (Å²) in [5.41, 5.74) is 9.18. The largest absolute Gasteiger partial charge is 0.384 e. The van der Waals surface area contributed by atoms with E-state index in [2.05, 4.69) is 65.8 Å². The quantitative estimate of drug-likeness (QED) is 0.531. The number of nitrogens with one attached hydrogen (secondary N) is 3. The first-order chi connectivity index (χ1) is 10.1. The number of hydrazone groups is 1. The van der Waals surface area contributed by atoms with Crippen LogP contribution in [0.4, 0.5) is 5.69 Å². The fourth-order valence-electron chi connectivity index (χ4n) is 2.30. The molecule has 4 nitrogen and oxygen atoms in total. The summed E-state index contributed by atoms with van der Waals surface area (Å²) < 4.78 is 0. The van der Waals surface area contributed by atoms with E-state index in [-0.39, 0.29) is 0 Å². The van der Waals surface area contributed by atoms with Crippen molar-refractivity contribution in [1.82, 2.24) is 10.7 Å². The predicted molar refractivity (Wildman–Crippen MR) is 89.9 cm³/mol. The summed E-state index contributed by atoms with van der Waals surface area (Å²) >= 11 is 0. The molecule has 0 aliphatic carbocycles. The maximum absolute atomic E-state index is 4.00. The molecule has 1 aliphatic heterocycles. The minimum atomic E-state index is 0.624. The van der Waals surface area contributed by atoms with E-state index in [4.69, 9.17) is 0 Å². The Labute approximate surface area is 126 Å². The van der Waals surface area contributed by atoms with Crippen molar-refractivity contribution in [2.24, 2.45) is 5.10 Å². The van der Waals surface area contributed by atoms with Gasteiger partial charge in [-0.05, 0) is 30.0 Å². The van der Waals surface area contributed by atoms with Gasteiger partial charge in [0.2, 0.25) is 0 Å². The van der Waals surface area contributed by atoms with Crippen molar-refractivity contribution in [2.75, 3.05) is 5.32 Å². The molecular formula is C17H22N4. The molecule has 0 radical (unpaired) electrons. The molecule has 0 unspecified atom stereocenters. The van der Waals surface area contributed by atoms with Crippen LogP contribution in [0.3, 0.4) is 0 Å². The molecule has 0 amide bonds. The molecule has 110 valence electrons. The van der Waals surface area contributed by atoms with Gasteiger partial charge in [-0.2, -0.15) is 5.10 Å². The maximum atomic E-state index is 4.00. The summed E-state index contributed by atoms with van der Waals surface area (Å²) in [5.74, 6) is 0. The SMILES string of the molecule is C=NNC(=C)CC(=C)NCc1ccc2c(c1)NC(=C)CC2. The highest BCUT2D eigenvalue weighted by Gasteiger charge is 2.11. The molecule has 0 saturated carbocycles. The second-order valence-electron chi connectivity index (χ2n) is 5.23. The van der Waals surface area contributed by atoms with E-state index in [1.165, 1.54) is 11.1 Å². The first-order valence-corrected chi connectivity index (χ1v) is 6.96. The van der Waals surface area contributed by atoms with Crippen molar-refractivity contribution in [1.29, 1.82) is 0 Å². The summed E-state index contributed by atoms with van der Waals surface area (Å²) in [6.45, 7) is 15.9. The number of aryl methyl sites for hydroxylation is 1. The van der Waals surface area contributed by atoms with Crippen LogP contribution < -0.4 is 16.1 Å². The number of nitrogens with zero attached hydrogens (tertiary/aromatic N) is 1. The third kappa shape index (κ3) is 4.24. The van der Waals surface area contributed by atoms with Crippen molar-refractivity contribution in [3.63, 3.8) is 0 Å². The highest BCUT2D eigenvalue weighted by Crippen LogP contribution is 2.26. The van der Waals surface area contributed by atoms with Crippen LogP contribution in [0.2, 0.25) is 0 Å². The van der Waals surface area contributed by atoms with Crippen LogP contribution in [0, 0.1) is 0 Å². The van der Waals surface area contributed by atoms with Crippen LogP contribution in [0.25, 0.3) is 0 Å². The Morgan fingerprint density at radius 2 is 2.05 bits per heavy atom. The zero-order valence-corrected chi connectivity index (χ0v) is 12.3. The van der Waals surface area contributed by atoms with Crippen LogP contribution in [0.5, 0.6) is 0 Å². The zero-order chi connectivity index (χ0) is 15.2. The molecule has 1 aromatic carbocycles. The predicted octanol–water partition coefficient (Wildman–Crippen LogP) is 3.27. The lowest BCUT2D eigenvalue weighted by Crippen LogP contribution is -2.16. The Morgan fingerprint density at radius 1 is 1.24 bits per heavy atom. The van der Waals surface area contributed by atoms with Gasteiger partial charge in [0.05, 0.1) is 0 Å². The van der Waals surface area contributed by atoms with Crippen LogP contribution in [0.15, 0.2) is 60.1 Å². The van der Waals surface area contributed by atoms with Crippen LogP contribution >= 0.6 is 0 Å². The summed E-state index contributed by atoms with van der Waals surface area (Å²) in [5, 5.41) is 10.2. The van der Waals surface area contributed by atoms with E-state index in [1.807, 2.05) is 0 Å². The number of hydrogen-bond donors (Lipinski definition) is 3. The average molecular weight is 282 g/mol. The molecule has 4 heteroatoms. The van der Waals surface area contributed by atoms with E-state index in [0.717, 1.165) is 42.2 Å². The van der Waals surface area contributed by atoms with E-state index >= 15 is 0 Å². The van der Waals surface area contributed by atoms with Gasteiger partial charge in [-0.25, -0.2) is 0 Å². The molecule has 1 aromatic rings. The van der Waals surface area contributed by atoms with Gasteiger partial charge in [0.25, 0.3) is 0 Å². The molecule has 21 heavy (non-hydrogen) atoms. The van der Waals surface area contributed by atoms with Crippen molar-refractivity contribution >= 4 is 12.4 Å². The summed E-state index contributed by atoms with van der Waals surface area (Å²) in [6, 6.07) is 6.49. The molecule has 0 atom stereocenters. The minimum Gasteiger partial charge on any atom is -0.384 e. The average Bonchev–Trinajstić information content (AvgIpc) is 2.44. The lowest BCUT2D eigenvalue weighted by Gasteiger charge is -2.21. The number of anilines is 1. The monoisotopic (exact) mass is 282 g/mol. The molecule has 3 N–H and O–H groups in total. The highest BCUT2D eigenvalue weighted by molar-refractivity contribution is 5.59. The summed E-state index contributed by atoms with van der Waals surface area (Å²) in [7, 11) is 0. The van der Waals surface area contributed by atoms with Crippen LogP contribution in [0.1, 0.15) is 24.0 Å². The number of allylic oxidation sites excluding steroid dienone is 1. The Balaban J connectivity index is 1.90. The summed E-state index contributed by atoms with van der Waals surface area (Å²) in [4.78, 5) is 0. The van der Waals surface area contributed by atoms with Gasteiger partial charge in [0.1, 0.15) is 0 Å². The Hall–Kier alpha value is -2.49. The molecule has 2 rings (SSSR count). The molecule has 0 saturated heterocycles. The third-order valence-corrected chi connectivity index (χ3v) is 3.39. The number of hydrogen-bond acceptors (Lipinski definition) is 4. The van der Waals surface area contributed by atoms with Gasteiger partial charge in [0, 0.05) is 42.5 Å². The van der Waals surface area contributed by atoms with Crippen molar-refractivity contribution in [3.05, 3.63) is 66.2 Å². The number of benzene rings is 1. The Morgan fingerprint density at radius 3 is 2.81 bits per heavy atom. The first kappa shape index (κ1) is 14.9. The van der Waals surface area contributed by atoms with Crippen molar-refractivity contribution < 1.29 is 0 Å². The van der Waals surface area contributed by atoms with E-state index < -0.39 is 0 Å². The Bertz CT molecular complexity index is 586. The number of rotatable bonds is 7. The lowest BCUT2D eigenvalue weighted by molar-refractivity contribution is 0.751. The zero-order valence-electron chi connectivity index (χ0n) is 12.3. The van der Waals surface area contributed by atoms with Crippen molar-refractivity contribution in [3.8, 4) is 0 Å². The van der Waals surface area contributed by atoms with Crippen LogP contribution in [-0.4, -0.2) is 6.72 Å². The fraction of sp³-hybridized carbons (Fsp3) is 0.235. The molecule has 1 aliphatic rings. The fourth-order valence-corrected chi connectivity index (χ4v) is 2.30. The molecular weight excluding hydrogens is 260 g/mol. The molecule has 0 spiro atoms. The molecule has 0 fully saturated rings. The second kappa shape index (κ2) is 6.79. The first-order valence-electron chi connectivity index (χ1n) is 6.96. The second-order valence-corrected chi connectivity index (χ2v) is 5.23. The lowest BCUT2D eigenvalue weighted by atomic mass is 10.00. The maximum Gasteiger partial charge on any atom is 0.0417 e. The van der Waals surface area contributed by atoms with Gasteiger partial charge < -0.3 is 10.6 Å². The Kier molecular flexibility index (Phi) is 4.82. The van der Waals surface area contributed by atoms with E-state index in [0.29, 0.717) is 6.42 Å². The van der Waals surface area contributed by atoms with Gasteiger partial charge in [-0.1, -0.05) is 31.9 Å².